The summed E-state index contributed by atoms with van der Waals surface area (Å²) in [5, 5.41) is 2.98. The van der Waals surface area contributed by atoms with Crippen molar-refractivity contribution in [1.82, 2.24) is 10.2 Å². The zero-order valence-corrected chi connectivity index (χ0v) is 18.2. The van der Waals surface area contributed by atoms with Crippen molar-refractivity contribution in [1.29, 1.82) is 0 Å². The average molecular weight is 414 g/mol. The lowest BCUT2D eigenvalue weighted by Crippen LogP contribution is -2.49. The summed E-state index contributed by atoms with van der Waals surface area (Å²) >= 11 is 0. The first kappa shape index (κ1) is 21.6. The zero-order chi connectivity index (χ0) is 21.5. The predicted octanol–water partition coefficient (Wildman–Crippen LogP) is 3.18. The molecule has 2 aromatic carbocycles. The van der Waals surface area contributed by atoms with Crippen molar-refractivity contribution in [2.75, 3.05) is 52.3 Å². The number of carbonyl (C=O) groups excluding carboxylic acids is 1. The molecule has 1 aliphatic heterocycles. The van der Waals surface area contributed by atoms with Crippen molar-refractivity contribution in [3.63, 3.8) is 0 Å². The normalized spacial score (nSPS) is 15.1. The van der Waals surface area contributed by atoms with Crippen molar-refractivity contribution >= 4 is 11.7 Å². The van der Waals surface area contributed by atoms with Crippen LogP contribution < -0.4 is 24.4 Å². The minimum absolute atomic E-state index is 0.0681. The maximum Gasteiger partial charge on any atom is 0.317 e. The summed E-state index contributed by atoms with van der Waals surface area (Å²) < 4.78 is 16.7. The van der Waals surface area contributed by atoms with E-state index in [0.29, 0.717) is 31.0 Å². The van der Waals surface area contributed by atoms with Crippen molar-refractivity contribution in [3.05, 3.63) is 48.0 Å². The van der Waals surface area contributed by atoms with Crippen LogP contribution in [0.4, 0.5) is 10.5 Å². The first-order chi connectivity index (χ1) is 14.5. The number of urea groups is 1. The Balaban J connectivity index is 1.49. The molecular formula is C23H31N3O4. The van der Waals surface area contributed by atoms with Gasteiger partial charge in [-0.2, -0.15) is 0 Å². The molecule has 30 heavy (non-hydrogen) atoms. The fourth-order valence-electron chi connectivity index (χ4n) is 3.65. The molecule has 0 aromatic heterocycles. The van der Waals surface area contributed by atoms with Gasteiger partial charge in [-0.1, -0.05) is 18.2 Å². The Kier molecular flexibility index (Phi) is 7.27. The topological polar surface area (TPSA) is 63.3 Å². The Morgan fingerprint density at radius 1 is 1.20 bits per heavy atom. The van der Waals surface area contributed by atoms with Gasteiger partial charge in [-0.3, -0.25) is 0 Å². The smallest absolute Gasteiger partial charge is 0.317 e. The van der Waals surface area contributed by atoms with Crippen molar-refractivity contribution in [3.8, 4) is 17.2 Å². The monoisotopic (exact) mass is 413 g/mol. The number of amides is 2. The van der Waals surface area contributed by atoms with Crippen LogP contribution in [0.15, 0.2) is 42.5 Å². The SMILES string of the molecule is CCN1C[C@H](CN(C)C(=O)NCCc2ccc(OC)c(OC)c2)Oc2ccccc21. The number of benzene rings is 2. The van der Waals surface area contributed by atoms with Crippen molar-refractivity contribution in [2.45, 2.75) is 19.4 Å². The Morgan fingerprint density at radius 3 is 2.70 bits per heavy atom. The summed E-state index contributed by atoms with van der Waals surface area (Å²) in [6.07, 6.45) is 0.637. The van der Waals surface area contributed by atoms with E-state index in [4.69, 9.17) is 14.2 Å². The molecule has 1 aliphatic rings. The van der Waals surface area contributed by atoms with E-state index in [1.165, 1.54) is 0 Å². The van der Waals surface area contributed by atoms with Gasteiger partial charge in [0, 0.05) is 20.1 Å². The molecule has 0 unspecified atom stereocenters. The molecule has 0 bridgehead atoms. The number of anilines is 1. The van der Waals surface area contributed by atoms with Crippen molar-refractivity contribution < 1.29 is 19.0 Å². The molecule has 3 rings (SSSR count). The molecule has 7 heteroatoms. The fraction of sp³-hybridized carbons (Fsp3) is 0.435. The number of rotatable bonds is 8. The Hall–Kier alpha value is -3.09. The molecule has 0 radical (unpaired) electrons. The zero-order valence-electron chi connectivity index (χ0n) is 18.2. The first-order valence-electron chi connectivity index (χ1n) is 10.3. The molecule has 162 valence electrons. The predicted molar refractivity (Wildman–Crippen MR) is 118 cm³/mol. The van der Waals surface area contributed by atoms with Crippen LogP contribution in [0.3, 0.4) is 0 Å². The second-order valence-electron chi connectivity index (χ2n) is 7.30. The maximum absolute atomic E-state index is 12.5. The summed E-state index contributed by atoms with van der Waals surface area (Å²) in [7, 11) is 5.03. The lowest BCUT2D eigenvalue weighted by Gasteiger charge is -2.37. The number of para-hydroxylation sites is 2. The van der Waals surface area contributed by atoms with E-state index < -0.39 is 0 Å². The van der Waals surface area contributed by atoms with Gasteiger partial charge in [0.1, 0.15) is 11.9 Å². The number of hydrogen-bond donors (Lipinski definition) is 1. The van der Waals surface area contributed by atoms with Crippen LogP contribution in [0.5, 0.6) is 17.2 Å². The maximum atomic E-state index is 12.5. The Morgan fingerprint density at radius 2 is 1.97 bits per heavy atom. The van der Waals surface area contributed by atoms with E-state index in [1.807, 2.05) is 36.4 Å². The van der Waals surface area contributed by atoms with E-state index in [-0.39, 0.29) is 12.1 Å². The summed E-state index contributed by atoms with van der Waals surface area (Å²) in [6, 6.07) is 13.7. The molecule has 0 fully saturated rings. The number of likely N-dealkylation sites (N-methyl/N-ethyl adjacent to an activating group) is 2. The van der Waals surface area contributed by atoms with Crippen LogP contribution in [-0.4, -0.2) is 64.5 Å². The lowest BCUT2D eigenvalue weighted by molar-refractivity contribution is 0.145. The molecule has 0 saturated heterocycles. The molecule has 7 nitrogen and oxygen atoms in total. The second-order valence-corrected chi connectivity index (χ2v) is 7.30. The molecule has 2 aromatic rings. The fourth-order valence-corrected chi connectivity index (χ4v) is 3.65. The number of fused-ring (bicyclic) bond motifs is 1. The van der Waals surface area contributed by atoms with Gasteiger partial charge in [-0.15, -0.1) is 0 Å². The summed E-state index contributed by atoms with van der Waals surface area (Å²) in [6.45, 7) is 4.85. The number of nitrogens with zero attached hydrogens (tertiary/aromatic N) is 2. The van der Waals surface area contributed by atoms with Crippen LogP contribution in [0.1, 0.15) is 12.5 Å². The standard InChI is InChI=1S/C23H31N3O4/c1-5-26-16-18(30-20-9-7-6-8-19(20)26)15-25(2)23(27)24-13-12-17-10-11-21(28-3)22(14-17)29-4/h6-11,14,18H,5,12-13,15-16H2,1-4H3,(H,24,27)/t18-/m0/s1. The van der Waals surface area contributed by atoms with Crippen LogP contribution in [0.2, 0.25) is 0 Å². The van der Waals surface area contributed by atoms with E-state index in [1.54, 1.807) is 26.2 Å². The molecule has 1 atom stereocenters. The molecule has 1 heterocycles. The third kappa shape index (κ3) is 5.09. The highest BCUT2D eigenvalue weighted by Crippen LogP contribution is 2.33. The van der Waals surface area contributed by atoms with Crippen LogP contribution >= 0.6 is 0 Å². The van der Waals surface area contributed by atoms with E-state index in [2.05, 4.69) is 23.2 Å². The second kappa shape index (κ2) is 10.1. The molecule has 0 aliphatic carbocycles. The van der Waals surface area contributed by atoms with Gasteiger partial charge in [-0.05, 0) is 43.2 Å². The summed E-state index contributed by atoms with van der Waals surface area (Å²) in [5.74, 6) is 2.26. The summed E-state index contributed by atoms with van der Waals surface area (Å²) in [5.41, 5.74) is 2.18. The van der Waals surface area contributed by atoms with Gasteiger partial charge in [0.15, 0.2) is 11.5 Å². The van der Waals surface area contributed by atoms with E-state index in [9.17, 15) is 4.79 Å². The molecular weight excluding hydrogens is 382 g/mol. The van der Waals surface area contributed by atoms with Gasteiger partial charge in [0.05, 0.1) is 33.0 Å². The first-order valence-corrected chi connectivity index (χ1v) is 10.3. The highest BCUT2D eigenvalue weighted by Gasteiger charge is 2.26. The number of methoxy groups -OCH3 is 2. The van der Waals surface area contributed by atoms with Crippen LogP contribution in [0, 0.1) is 0 Å². The molecule has 0 spiro atoms. The minimum atomic E-state index is -0.110. The lowest BCUT2D eigenvalue weighted by atomic mass is 10.1. The number of hydrogen-bond acceptors (Lipinski definition) is 5. The third-order valence-corrected chi connectivity index (χ3v) is 5.27. The number of ether oxygens (including phenoxy) is 3. The molecule has 2 amide bonds. The van der Waals surface area contributed by atoms with E-state index in [0.717, 1.165) is 30.1 Å². The largest absolute Gasteiger partial charge is 0.493 e. The highest BCUT2D eigenvalue weighted by molar-refractivity contribution is 5.74. The Bertz CT molecular complexity index is 858. The van der Waals surface area contributed by atoms with Crippen LogP contribution in [-0.2, 0) is 6.42 Å². The van der Waals surface area contributed by atoms with Gasteiger partial charge >= 0.3 is 6.03 Å². The molecule has 0 saturated carbocycles. The Labute approximate surface area is 178 Å². The van der Waals surface area contributed by atoms with Crippen molar-refractivity contribution in [2.24, 2.45) is 0 Å². The minimum Gasteiger partial charge on any atom is -0.493 e. The number of nitrogens with one attached hydrogen (secondary N) is 1. The van der Waals surface area contributed by atoms with Gasteiger partial charge in [0.2, 0.25) is 0 Å². The highest BCUT2D eigenvalue weighted by atomic mass is 16.5. The van der Waals surface area contributed by atoms with Gasteiger partial charge < -0.3 is 29.3 Å². The quantitative estimate of drug-likeness (QED) is 0.720. The van der Waals surface area contributed by atoms with Gasteiger partial charge in [0.25, 0.3) is 0 Å². The molecule has 1 N–H and O–H groups in total. The van der Waals surface area contributed by atoms with Gasteiger partial charge in [-0.25, -0.2) is 4.79 Å². The third-order valence-electron chi connectivity index (χ3n) is 5.27. The summed E-state index contributed by atoms with van der Waals surface area (Å²) in [4.78, 5) is 16.5. The van der Waals surface area contributed by atoms with E-state index >= 15 is 0 Å². The number of carbonyl (C=O) groups is 1. The average Bonchev–Trinajstić information content (AvgIpc) is 2.78. The van der Waals surface area contributed by atoms with Crippen LogP contribution in [0.25, 0.3) is 0 Å².